The highest BCUT2D eigenvalue weighted by molar-refractivity contribution is 7.99. The summed E-state index contributed by atoms with van der Waals surface area (Å²) >= 11 is 1.98. The highest BCUT2D eigenvalue weighted by atomic mass is 32.2. The summed E-state index contributed by atoms with van der Waals surface area (Å²) in [6, 6.07) is 1.77. The van der Waals surface area contributed by atoms with Crippen molar-refractivity contribution in [2.24, 2.45) is 11.7 Å². The van der Waals surface area contributed by atoms with E-state index in [1.54, 1.807) is 7.11 Å². The maximum Gasteiger partial charge on any atom is 0.216 e. The Kier molecular flexibility index (Phi) is 4.14. The minimum Gasteiger partial charge on any atom is -0.481 e. The molecule has 1 spiro atoms. The second-order valence-corrected chi connectivity index (χ2v) is 6.70. The van der Waals surface area contributed by atoms with Gasteiger partial charge in [0.25, 0.3) is 0 Å². The Bertz CT molecular complexity index is 465. The predicted molar refractivity (Wildman–Crippen MR) is 78.9 cm³/mol. The molecule has 2 saturated heterocycles. The molecule has 6 heteroatoms. The highest BCUT2D eigenvalue weighted by Crippen LogP contribution is 2.43. The molecule has 0 saturated carbocycles. The van der Waals surface area contributed by atoms with Crippen LogP contribution in [0.2, 0.25) is 0 Å². The van der Waals surface area contributed by atoms with Crippen molar-refractivity contribution in [2.75, 3.05) is 25.2 Å². The number of hydrogen-bond donors (Lipinski definition) is 1. The van der Waals surface area contributed by atoms with Gasteiger partial charge in [-0.1, -0.05) is 0 Å². The summed E-state index contributed by atoms with van der Waals surface area (Å²) in [7, 11) is 1.61. The summed E-state index contributed by atoms with van der Waals surface area (Å²) in [4.78, 5) is 8.35. The topological polar surface area (TPSA) is 70.3 Å². The molecule has 1 aromatic rings. The number of nitrogens with zero attached hydrogens (tertiary/aromatic N) is 2. The Balaban J connectivity index is 1.74. The predicted octanol–water partition coefficient (Wildman–Crippen LogP) is 1.79. The second-order valence-electron chi connectivity index (χ2n) is 5.60. The van der Waals surface area contributed by atoms with Gasteiger partial charge in [-0.2, -0.15) is 11.8 Å². The van der Waals surface area contributed by atoms with Gasteiger partial charge < -0.3 is 15.2 Å². The fourth-order valence-corrected chi connectivity index (χ4v) is 4.50. The molecule has 2 aliphatic rings. The van der Waals surface area contributed by atoms with Crippen LogP contribution in [-0.2, 0) is 4.74 Å². The molecule has 2 N–H and O–H groups in total. The van der Waals surface area contributed by atoms with Crippen molar-refractivity contribution < 1.29 is 9.47 Å². The lowest BCUT2D eigenvalue weighted by Gasteiger charge is -2.39. The zero-order chi connectivity index (χ0) is 14.0. The molecule has 0 bridgehead atoms. The van der Waals surface area contributed by atoms with Gasteiger partial charge in [0.15, 0.2) is 0 Å². The number of methoxy groups -OCH3 is 1. The number of aromatic nitrogens is 2. The van der Waals surface area contributed by atoms with E-state index in [0.29, 0.717) is 11.8 Å². The van der Waals surface area contributed by atoms with Crippen molar-refractivity contribution in [3.05, 3.63) is 18.1 Å². The van der Waals surface area contributed by atoms with E-state index in [0.717, 1.165) is 37.3 Å². The van der Waals surface area contributed by atoms with Crippen molar-refractivity contribution in [1.82, 2.24) is 9.97 Å². The van der Waals surface area contributed by atoms with Crippen LogP contribution in [0, 0.1) is 5.92 Å². The van der Waals surface area contributed by atoms with E-state index in [1.807, 2.05) is 17.8 Å². The molecule has 0 aliphatic carbocycles. The minimum atomic E-state index is -0.0710. The van der Waals surface area contributed by atoms with Crippen LogP contribution in [0.4, 0.5) is 0 Å². The van der Waals surface area contributed by atoms with Gasteiger partial charge in [0.2, 0.25) is 5.88 Å². The smallest absolute Gasteiger partial charge is 0.216 e. The summed E-state index contributed by atoms with van der Waals surface area (Å²) in [6.07, 6.45) is 4.70. The average Bonchev–Trinajstić information content (AvgIpc) is 2.94. The number of hydrogen-bond acceptors (Lipinski definition) is 6. The van der Waals surface area contributed by atoms with E-state index in [1.165, 1.54) is 12.1 Å². The quantitative estimate of drug-likeness (QED) is 0.916. The summed E-state index contributed by atoms with van der Waals surface area (Å²) in [5, 5.41) is 0. The molecule has 110 valence electrons. The molecule has 3 unspecified atom stereocenters. The van der Waals surface area contributed by atoms with Crippen LogP contribution >= 0.6 is 11.8 Å². The SMILES string of the molecule is COc1cc(C(N)C2CCOC3(CCSC3)C2)ncn1. The van der Waals surface area contributed by atoms with Gasteiger partial charge in [0, 0.05) is 18.4 Å². The molecule has 3 rings (SSSR count). The van der Waals surface area contributed by atoms with Gasteiger partial charge in [-0.25, -0.2) is 9.97 Å². The van der Waals surface area contributed by atoms with Crippen molar-refractivity contribution in [2.45, 2.75) is 30.9 Å². The van der Waals surface area contributed by atoms with Gasteiger partial charge in [-0.15, -0.1) is 0 Å². The number of nitrogens with two attached hydrogens (primary N) is 1. The summed E-state index contributed by atoms with van der Waals surface area (Å²) in [5.41, 5.74) is 7.36. The van der Waals surface area contributed by atoms with Crippen LogP contribution in [0.25, 0.3) is 0 Å². The van der Waals surface area contributed by atoms with Crippen LogP contribution in [0.1, 0.15) is 31.0 Å². The zero-order valence-corrected chi connectivity index (χ0v) is 12.6. The maximum absolute atomic E-state index is 6.44. The Morgan fingerprint density at radius 1 is 1.55 bits per heavy atom. The molecule has 2 aliphatic heterocycles. The maximum atomic E-state index is 6.44. The van der Waals surface area contributed by atoms with E-state index in [9.17, 15) is 0 Å². The standard InChI is InChI=1S/C14H21N3O2S/c1-18-12-6-11(16-9-17-12)13(15)10-2-4-19-14(7-10)3-5-20-8-14/h6,9-10,13H,2-5,7-8,15H2,1H3. The lowest BCUT2D eigenvalue weighted by molar-refractivity contribution is -0.0836. The van der Waals surface area contributed by atoms with Crippen LogP contribution in [0.5, 0.6) is 5.88 Å². The highest BCUT2D eigenvalue weighted by Gasteiger charge is 2.42. The number of thioether (sulfide) groups is 1. The average molecular weight is 295 g/mol. The van der Waals surface area contributed by atoms with Gasteiger partial charge >= 0.3 is 0 Å². The van der Waals surface area contributed by atoms with Gasteiger partial charge in [-0.05, 0) is 30.9 Å². The molecular formula is C14H21N3O2S. The largest absolute Gasteiger partial charge is 0.481 e. The van der Waals surface area contributed by atoms with E-state index in [4.69, 9.17) is 15.2 Å². The van der Waals surface area contributed by atoms with Crippen molar-refractivity contribution in [3.8, 4) is 5.88 Å². The molecular weight excluding hydrogens is 274 g/mol. The van der Waals surface area contributed by atoms with E-state index < -0.39 is 0 Å². The Morgan fingerprint density at radius 3 is 3.20 bits per heavy atom. The molecule has 0 radical (unpaired) electrons. The fraction of sp³-hybridized carbons (Fsp3) is 0.714. The molecule has 3 heterocycles. The van der Waals surface area contributed by atoms with Crippen molar-refractivity contribution in [1.29, 1.82) is 0 Å². The summed E-state index contributed by atoms with van der Waals surface area (Å²) < 4.78 is 11.2. The second kappa shape index (κ2) is 5.87. The first-order chi connectivity index (χ1) is 9.72. The first kappa shape index (κ1) is 14.1. The molecule has 20 heavy (non-hydrogen) atoms. The van der Waals surface area contributed by atoms with E-state index in [-0.39, 0.29) is 11.6 Å². The fourth-order valence-electron chi connectivity index (χ4n) is 3.12. The molecule has 2 fully saturated rings. The first-order valence-electron chi connectivity index (χ1n) is 7.06. The lowest BCUT2D eigenvalue weighted by Crippen LogP contribution is -2.42. The normalized spacial score (nSPS) is 31.4. The molecule has 5 nitrogen and oxygen atoms in total. The Hall–Kier alpha value is -0.850. The number of ether oxygens (including phenoxy) is 2. The van der Waals surface area contributed by atoms with Crippen LogP contribution in [-0.4, -0.2) is 40.8 Å². The van der Waals surface area contributed by atoms with Crippen LogP contribution in [0.3, 0.4) is 0 Å². The third-order valence-electron chi connectivity index (χ3n) is 4.32. The van der Waals surface area contributed by atoms with Crippen LogP contribution in [0.15, 0.2) is 12.4 Å². The summed E-state index contributed by atoms with van der Waals surface area (Å²) in [5.74, 6) is 3.29. The third-order valence-corrected chi connectivity index (χ3v) is 5.54. The van der Waals surface area contributed by atoms with E-state index in [2.05, 4.69) is 9.97 Å². The van der Waals surface area contributed by atoms with Crippen molar-refractivity contribution in [3.63, 3.8) is 0 Å². The van der Waals surface area contributed by atoms with Gasteiger partial charge in [-0.3, -0.25) is 0 Å². The van der Waals surface area contributed by atoms with Gasteiger partial charge in [0.05, 0.1) is 24.4 Å². The van der Waals surface area contributed by atoms with Gasteiger partial charge in [0.1, 0.15) is 6.33 Å². The monoisotopic (exact) mass is 295 g/mol. The Labute approximate surface area is 123 Å². The molecule has 0 amide bonds. The summed E-state index contributed by atoms with van der Waals surface area (Å²) in [6.45, 7) is 0.807. The molecule has 1 aromatic heterocycles. The van der Waals surface area contributed by atoms with Crippen LogP contribution < -0.4 is 10.5 Å². The number of rotatable bonds is 3. The molecule has 0 aromatic carbocycles. The van der Waals surface area contributed by atoms with Crippen molar-refractivity contribution >= 4 is 11.8 Å². The minimum absolute atomic E-state index is 0.0579. The lowest BCUT2D eigenvalue weighted by atomic mass is 9.80. The molecule has 3 atom stereocenters. The Morgan fingerprint density at radius 2 is 2.45 bits per heavy atom. The van der Waals surface area contributed by atoms with E-state index >= 15 is 0 Å². The third kappa shape index (κ3) is 2.77. The zero-order valence-electron chi connectivity index (χ0n) is 11.7. The first-order valence-corrected chi connectivity index (χ1v) is 8.21.